The van der Waals surface area contributed by atoms with Crippen LogP contribution in [0.5, 0.6) is 0 Å². The van der Waals surface area contributed by atoms with E-state index in [1.54, 1.807) is 29.2 Å². The Kier molecular flexibility index (Phi) is 3.68. The van der Waals surface area contributed by atoms with Gasteiger partial charge in [-0.05, 0) is 25.0 Å². The minimum Gasteiger partial charge on any atom is -0.334 e. The summed E-state index contributed by atoms with van der Waals surface area (Å²) >= 11 is 6.06. The summed E-state index contributed by atoms with van der Waals surface area (Å²) in [5, 5.41) is 0.413. The predicted molar refractivity (Wildman–Crippen MR) is 88.4 cm³/mol. The Morgan fingerprint density at radius 1 is 1.00 bits per heavy atom. The van der Waals surface area contributed by atoms with Crippen molar-refractivity contribution in [3.8, 4) is 0 Å². The van der Waals surface area contributed by atoms with E-state index in [2.05, 4.69) is 0 Å². The normalized spacial score (nSPS) is 26.5. The molecule has 124 valence electrons. The molecule has 1 aromatic carbocycles. The number of benzene rings is 1. The van der Waals surface area contributed by atoms with Crippen LogP contribution in [0.3, 0.4) is 0 Å². The first-order valence-corrected chi connectivity index (χ1v) is 8.51. The summed E-state index contributed by atoms with van der Waals surface area (Å²) in [5.74, 6) is -0.741. The molecule has 4 rings (SSSR count). The molecule has 0 aromatic heterocycles. The van der Waals surface area contributed by atoms with Gasteiger partial charge in [-0.3, -0.25) is 19.3 Å². The quantitative estimate of drug-likeness (QED) is 0.610. The van der Waals surface area contributed by atoms with Gasteiger partial charge < -0.3 is 4.90 Å². The van der Waals surface area contributed by atoms with E-state index in [0.717, 1.165) is 0 Å². The number of likely N-dealkylation sites (tertiary alicyclic amines) is 2. The van der Waals surface area contributed by atoms with Crippen LogP contribution in [0.2, 0.25) is 5.02 Å². The summed E-state index contributed by atoms with van der Waals surface area (Å²) in [6.07, 6.45) is 5.23. The number of amides is 3. The zero-order valence-electron chi connectivity index (χ0n) is 13.0. The van der Waals surface area contributed by atoms with Gasteiger partial charge in [0.25, 0.3) is 5.91 Å². The first-order chi connectivity index (χ1) is 11.6. The van der Waals surface area contributed by atoms with Crippen molar-refractivity contribution in [1.29, 1.82) is 0 Å². The van der Waals surface area contributed by atoms with Gasteiger partial charge in [0.2, 0.25) is 11.8 Å². The van der Waals surface area contributed by atoms with Crippen LogP contribution in [0.15, 0.2) is 36.4 Å². The standard InChI is InChI=1S/C18H17ClN2O3/c19-15-8-4-3-7-14(15)16(22)20-9-11(10-20)21-17(23)12-5-1-2-6-13(12)18(21)24/h1-4,7-8,11-13H,5-6,9-10H2. The third-order valence-electron chi connectivity index (χ3n) is 5.16. The zero-order valence-corrected chi connectivity index (χ0v) is 13.8. The van der Waals surface area contributed by atoms with E-state index >= 15 is 0 Å². The molecular formula is C18H17ClN2O3. The highest BCUT2D eigenvalue weighted by atomic mass is 35.5. The van der Waals surface area contributed by atoms with Crippen molar-refractivity contribution in [2.24, 2.45) is 11.8 Å². The number of hydrogen-bond acceptors (Lipinski definition) is 3. The first-order valence-electron chi connectivity index (χ1n) is 8.13. The van der Waals surface area contributed by atoms with E-state index in [1.165, 1.54) is 4.90 Å². The Hall–Kier alpha value is -2.14. The first kappa shape index (κ1) is 15.4. The highest BCUT2D eigenvalue weighted by molar-refractivity contribution is 6.33. The largest absolute Gasteiger partial charge is 0.334 e. The molecule has 1 aromatic rings. The van der Waals surface area contributed by atoms with E-state index in [1.807, 2.05) is 12.2 Å². The van der Waals surface area contributed by atoms with Gasteiger partial charge in [-0.1, -0.05) is 35.9 Å². The molecule has 0 spiro atoms. The van der Waals surface area contributed by atoms with Gasteiger partial charge in [-0.25, -0.2) is 0 Å². The van der Waals surface area contributed by atoms with E-state index in [4.69, 9.17) is 11.6 Å². The number of fused-ring (bicyclic) bond motifs is 1. The average molecular weight is 345 g/mol. The molecule has 0 saturated carbocycles. The van der Waals surface area contributed by atoms with Crippen molar-refractivity contribution >= 4 is 29.3 Å². The fourth-order valence-electron chi connectivity index (χ4n) is 3.78. The number of rotatable bonds is 2. The van der Waals surface area contributed by atoms with Crippen LogP contribution in [0, 0.1) is 11.8 Å². The molecule has 2 aliphatic heterocycles. The minimum atomic E-state index is -0.212. The Bertz CT molecular complexity index is 728. The molecule has 0 N–H and O–H groups in total. The fourth-order valence-corrected chi connectivity index (χ4v) is 3.99. The van der Waals surface area contributed by atoms with Crippen molar-refractivity contribution in [3.05, 3.63) is 47.0 Å². The zero-order chi connectivity index (χ0) is 16.8. The second-order valence-corrected chi connectivity index (χ2v) is 6.95. The van der Waals surface area contributed by atoms with Crippen LogP contribution in [-0.4, -0.2) is 46.7 Å². The lowest BCUT2D eigenvalue weighted by Gasteiger charge is -2.43. The molecule has 2 atom stereocenters. The van der Waals surface area contributed by atoms with Gasteiger partial charge in [0.1, 0.15) is 0 Å². The lowest BCUT2D eigenvalue weighted by Crippen LogP contribution is -2.62. The average Bonchev–Trinajstić information content (AvgIpc) is 2.79. The van der Waals surface area contributed by atoms with E-state index in [0.29, 0.717) is 36.5 Å². The van der Waals surface area contributed by atoms with Crippen LogP contribution in [0.1, 0.15) is 23.2 Å². The van der Waals surface area contributed by atoms with E-state index in [-0.39, 0.29) is 35.6 Å². The second kappa shape index (κ2) is 5.74. The molecule has 5 nitrogen and oxygen atoms in total. The summed E-state index contributed by atoms with van der Waals surface area (Å²) in [5.41, 5.74) is 0.453. The number of carbonyl (C=O) groups is 3. The number of imide groups is 1. The number of hydrogen-bond donors (Lipinski definition) is 0. The smallest absolute Gasteiger partial charge is 0.255 e. The number of carbonyl (C=O) groups excluding carboxylic acids is 3. The molecule has 0 bridgehead atoms. The summed E-state index contributed by atoms with van der Waals surface area (Å²) in [4.78, 5) is 40.6. The maximum atomic E-state index is 12.5. The van der Waals surface area contributed by atoms with Crippen molar-refractivity contribution in [1.82, 2.24) is 9.80 Å². The van der Waals surface area contributed by atoms with Gasteiger partial charge in [-0.15, -0.1) is 0 Å². The van der Waals surface area contributed by atoms with Crippen molar-refractivity contribution in [3.63, 3.8) is 0 Å². The van der Waals surface area contributed by atoms with Crippen LogP contribution >= 0.6 is 11.6 Å². The predicted octanol–water partition coefficient (Wildman–Crippen LogP) is 2.12. The summed E-state index contributed by atoms with van der Waals surface area (Å²) in [6.45, 7) is 0.767. The Morgan fingerprint density at radius 2 is 1.58 bits per heavy atom. The molecule has 2 unspecified atom stereocenters. The number of halogens is 1. The summed E-state index contributed by atoms with van der Waals surface area (Å²) < 4.78 is 0. The SMILES string of the molecule is O=C(c1ccccc1Cl)N1CC(N2C(=O)C3CC=CCC3C2=O)C1. The molecule has 2 heterocycles. The Morgan fingerprint density at radius 3 is 2.17 bits per heavy atom. The number of nitrogens with zero attached hydrogens (tertiary/aromatic N) is 2. The third-order valence-corrected chi connectivity index (χ3v) is 5.49. The Balaban J connectivity index is 1.45. The second-order valence-electron chi connectivity index (χ2n) is 6.55. The number of allylic oxidation sites excluding steroid dienone is 2. The summed E-state index contributed by atoms with van der Waals surface area (Å²) in [7, 11) is 0. The molecule has 3 aliphatic rings. The van der Waals surface area contributed by atoms with Crippen LogP contribution in [0.4, 0.5) is 0 Å². The maximum absolute atomic E-state index is 12.5. The molecule has 0 radical (unpaired) electrons. The van der Waals surface area contributed by atoms with Crippen molar-refractivity contribution in [2.75, 3.05) is 13.1 Å². The van der Waals surface area contributed by atoms with Crippen LogP contribution < -0.4 is 0 Å². The fraction of sp³-hybridized carbons (Fsp3) is 0.389. The molecule has 3 amide bonds. The van der Waals surface area contributed by atoms with Crippen molar-refractivity contribution in [2.45, 2.75) is 18.9 Å². The monoisotopic (exact) mass is 344 g/mol. The van der Waals surface area contributed by atoms with E-state index in [9.17, 15) is 14.4 Å². The van der Waals surface area contributed by atoms with Gasteiger partial charge in [0, 0.05) is 13.1 Å². The van der Waals surface area contributed by atoms with Crippen LogP contribution in [-0.2, 0) is 9.59 Å². The molecule has 24 heavy (non-hydrogen) atoms. The van der Waals surface area contributed by atoms with Crippen LogP contribution in [0.25, 0.3) is 0 Å². The van der Waals surface area contributed by atoms with Gasteiger partial charge in [0.05, 0.1) is 28.5 Å². The van der Waals surface area contributed by atoms with Gasteiger partial charge in [0.15, 0.2) is 0 Å². The summed E-state index contributed by atoms with van der Waals surface area (Å²) in [6, 6.07) is 6.69. The molecule has 2 saturated heterocycles. The minimum absolute atomic E-state index is 0.0795. The maximum Gasteiger partial charge on any atom is 0.255 e. The van der Waals surface area contributed by atoms with Gasteiger partial charge >= 0.3 is 0 Å². The highest BCUT2D eigenvalue weighted by Crippen LogP contribution is 2.37. The topological polar surface area (TPSA) is 57.7 Å². The third kappa shape index (κ3) is 2.26. The highest BCUT2D eigenvalue weighted by Gasteiger charge is 2.52. The molecular weight excluding hydrogens is 328 g/mol. The molecule has 2 fully saturated rings. The Labute approximate surface area is 144 Å². The van der Waals surface area contributed by atoms with Crippen molar-refractivity contribution < 1.29 is 14.4 Å². The molecule has 6 heteroatoms. The lowest BCUT2D eigenvalue weighted by atomic mass is 9.85. The van der Waals surface area contributed by atoms with E-state index < -0.39 is 0 Å². The van der Waals surface area contributed by atoms with Gasteiger partial charge in [-0.2, -0.15) is 0 Å². The lowest BCUT2D eigenvalue weighted by molar-refractivity contribution is -0.145. The molecule has 1 aliphatic carbocycles.